The Labute approximate surface area is 132 Å². The summed E-state index contributed by atoms with van der Waals surface area (Å²) in [6, 6.07) is 12.5. The van der Waals surface area contributed by atoms with Crippen LogP contribution in [0.1, 0.15) is 5.69 Å². The van der Waals surface area contributed by atoms with Crippen LogP contribution in [0.4, 0.5) is 5.69 Å². The fourth-order valence-corrected chi connectivity index (χ4v) is 2.55. The predicted molar refractivity (Wildman–Crippen MR) is 87.4 cm³/mol. The number of nitrogen functional groups attached to an aromatic ring is 1. The largest absolute Gasteiger partial charge is 0.455 e. The van der Waals surface area contributed by atoms with Gasteiger partial charge in [-0.3, -0.25) is 4.98 Å². The van der Waals surface area contributed by atoms with Crippen molar-refractivity contribution >= 4 is 39.8 Å². The van der Waals surface area contributed by atoms with Crippen molar-refractivity contribution in [1.29, 1.82) is 0 Å². The molecule has 2 N–H and O–H groups in total. The number of aromatic nitrogens is 1. The predicted octanol–water partition coefficient (Wildman–Crippen LogP) is 5.22. The molecular weight excluding hydrogens is 307 g/mol. The summed E-state index contributed by atoms with van der Waals surface area (Å²) in [6.07, 6.45) is 0. The summed E-state index contributed by atoms with van der Waals surface area (Å²) in [6.45, 7) is 1.91. The van der Waals surface area contributed by atoms with Crippen LogP contribution in [0.25, 0.3) is 10.9 Å². The molecule has 0 spiro atoms. The van der Waals surface area contributed by atoms with Gasteiger partial charge in [0.05, 0.1) is 10.5 Å². The molecule has 106 valence electrons. The lowest BCUT2D eigenvalue weighted by Gasteiger charge is -2.11. The normalized spacial score (nSPS) is 10.8. The molecular formula is C16H12Cl2N2O. The van der Waals surface area contributed by atoms with Crippen LogP contribution < -0.4 is 10.5 Å². The van der Waals surface area contributed by atoms with Gasteiger partial charge in [-0.15, -0.1) is 0 Å². The molecule has 0 unspecified atom stereocenters. The number of fused-ring (bicyclic) bond motifs is 1. The second-order valence-corrected chi connectivity index (χ2v) is 5.56. The van der Waals surface area contributed by atoms with E-state index in [1.54, 1.807) is 18.2 Å². The van der Waals surface area contributed by atoms with E-state index >= 15 is 0 Å². The highest BCUT2D eigenvalue weighted by molar-refractivity contribution is 6.35. The molecule has 0 amide bonds. The second-order valence-electron chi connectivity index (χ2n) is 4.72. The molecule has 3 aromatic rings. The molecule has 0 aliphatic heterocycles. The van der Waals surface area contributed by atoms with Crippen molar-refractivity contribution in [2.45, 2.75) is 6.92 Å². The van der Waals surface area contributed by atoms with E-state index in [0.717, 1.165) is 16.6 Å². The molecule has 21 heavy (non-hydrogen) atoms. The molecule has 0 aliphatic rings. The fraction of sp³-hybridized carbons (Fsp3) is 0.0625. The van der Waals surface area contributed by atoms with Gasteiger partial charge in [-0.2, -0.15) is 0 Å². The maximum Gasteiger partial charge on any atom is 0.146 e. The zero-order valence-electron chi connectivity index (χ0n) is 11.2. The Kier molecular flexibility index (Phi) is 3.62. The Hall–Kier alpha value is -1.97. The Morgan fingerprint density at radius 3 is 2.57 bits per heavy atom. The second kappa shape index (κ2) is 5.43. The lowest BCUT2D eigenvalue weighted by atomic mass is 10.1. The number of nitrogens with zero attached hydrogens (tertiary/aromatic N) is 1. The van der Waals surface area contributed by atoms with Crippen molar-refractivity contribution in [1.82, 2.24) is 4.98 Å². The van der Waals surface area contributed by atoms with Crippen molar-refractivity contribution in [2.24, 2.45) is 0 Å². The van der Waals surface area contributed by atoms with Gasteiger partial charge in [-0.25, -0.2) is 0 Å². The van der Waals surface area contributed by atoms with E-state index < -0.39 is 0 Å². The molecule has 1 aromatic heterocycles. The van der Waals surface area contributed by atoms with Gasteiger partial charge in [0.1, 0.15) is 11.5 Å². The molecule has 2 aromatic carbocycles. The minimum absolute atomic E-state index is 0.453. The molecule has 0 fully saturated rings. The van der Waals surface area contributed by atoms with Gasteiger partial charge in [0.25, 0.3) is 0 Å². The number of hydrogen-bond acceptors (Lipinski definition) is 3. The van der Waals surface area contributed by atoms with Crippen LogP contribution in [0, 0.1) is 6.92 Å². The van der Waals surface area contributed by atoms with E-state index in [4.69, 9.17) is 33.7 Å². The summed E-state index contributed by atoms with van der Waals surface area (Å²) in [5.74, 6) is 1.20. The minimum atomic E-state index is 0.453. The number of nitrogens with two attached hydrogens (primary N) is 1. The highest BCUT2D eigenvalue weighted by Crippen LogP contribution is 2.35. The first-order valence-corrected chi connectivity index (χ1v) is 7.08. The monoisotopic (exact) mass is 318 g/mol. The molecule has 3 nitrogen and oxygen atoms in total. The highest BCUT2D eigenvalue weighted by Gasteiger charge is 2.09. The standard InChI is InChI=1S/C16H12Cl2N2O/c1-9-6-16(12-8-11(19)3-4-14(12)20-9)21-15-5-2-10(17)7-13(15)18/h2-8H,19H2,1H3. The first-order valence-electron chi connectivity index (χ1n) is 6.33. The molecule has 3 rings (SSSR count). The average molecular weight is 319 g/mol. The van der Waals surface area contributed by atoms with Crippen LogP contribution in [-0.4, -0.2) is 4.98 Å². The zero-order chi connectivity index (χ0) is 15.0. The van der Waals surface area contributed by atoms with Crippen LogP contribution >= 0.6 is 23.2 Å². The number of pyridine rings is 1. The number of halogens is 2. The molecule has 0 radical (unpaired) electrons. The number of aryl methyl sites for hydroxylation is 1. The quantitative estimate of drug-likeness (QED) is 0.658. The highest BCUT2D eigenvalue weighted by atomic mass is 35.5. The summed E-state index contributed by atoms with van der Waals surface area (Å²) < 4.78 is 5.93. The Bertz CT molecular complexity index is 834. The number of ether oxygens (including phenoxy) is 1. The fourth-order valence-electron chi connectivity index (χ4n) is 2.10. The molecule has 0 saturated carbocycles. The van der Waals surface area contributed by atoms with E-state index in [1.165, 1.54) is 0 Å². The van der Waals surface area contributed by atoms with Gasteiger partial charge in [0.15, 0.2) is 0 Å². The summed E-state index contributed by atoms with van der Waals surface area (Å²) >= 11 is 12.0. The molecule has 0 bridgehead atoms. The maximum atomic E-state index is 6.15. The Balaban J connectivity index is 2.13. The first kappa shape index (κ1) is 14.0. The summed E-state index contributed by atoms with van der Waals surface area (Å²) in [5.41, 5.74) is 8.18. The van der Waals surface area contributed by atoms with Crippen LogP contribution in [-0.2, 0) is 0 Å². The van der Waals surface area contributed by atoms with Crippen molar-refractivity contribution < 1.29 is 4.74 Å². The topological polar surface area (TPSA) is 48.1 Å². The van der Waals surface area contributed by atoms with E-state index in [1.807, 2.05) is 31.2 Å². The van der Waals surface area contributed by atoms with Crippen molar-refractivity contribution in [3.8, 4) is 11.5 Å². The van der Waals surface area contributed by atoms with Crippen LogP contribution in [0.2, 0.25) is 10.0 Å². The summed E-state index contributed by atoms with van der Waals surface area (Å²) in [5, 5.41) is 1.85. The third kappa shape index (κ3) is 2.89. The lowest BCUT2D eigenvalue weighted by Crippen LogP contribution is -1.93. The zero-order valence-corrected chi connectivity index (χ0v) is 12.7. The van der Waals surface area contributed by atoms with Crippen LogP contribution in [0.3, 0.4) is 0 Å². The Morgan fingerprint density at radius 1 is 1.00 bits per heavy atom. The molecule has 5 heteroatoms. The smallest absolute Gasteiger partial charge is 0.146 e. The van der Waals surface area contributed by atoms with Gasteiger partial charge < -0.3 is 10.5 Å². The minimum Gasteiger partial charge on any atom is -0.455 e. The van der Waals surface area contributed by atoms with Gasteiger partial charge in [0, 0.05) is 27.9 Å². The van der Waals surface area contributed by atoms with Crippen LogP contribution in [0.5, 0.6) is 11.5 Å². The SMILES string of the molecule is Cc1cc(Oc2ccc(Cl)cc2Cl)c2cc(N)ccc2n1. The summed E-state index contributed by atoms with van der Waals surface area (Å²) in [4.78, 5) is 4.47. The van der Waals surface area contributed by atoms with E-state index in [9.17, 15) is 0 Å². The molecule has 0 saturated heterocycles. The van der Waals surface area contributed by atoms with Crippen molar-refractivity contribution in [3.63, 3.8) is 0 Å². The van der Waals surface area contributed by atoms with Gasteiger partial charge >= 0.3 is 0 Å². The van der Waals surface area contributed by atoms with E-state index in [-0.39, 0.29) is 0 Å². The molecule has 1 heterocycles. The lowest BCUT2D eigenvalue weighted by molar-refractivity contribution is 0.487. The van der Waals surface area contributed by atoms with E-state index in [0.29, 0.717) is 27.2 Å². The average Bonchev–Trinajstić information content (AvgIpc) is 2.42. The Morgan fingerprint density at radius 2 is 1.81 bits per heavy atom. The number of hydrogen-bond donors (Lipinski definition) is 1. The first-order chi connectivity index (χ1) is 10.0. The molecule has 0 atom stereocenters. The number of rotatable bonds is 2. The van der Waals surface area contributed by atoms with E-state index in [2.05, 4.69) is 4.98 Å². The van der Waals surface area contributed by atoms with Gasteiger partial charge in [-0.05, 0) is 43.3 Å². The third-order valence-corrected chi connectivity index (χ3v) is 3.57. The van der Waals surface area contributed by atoms with Crippen LogP contribution in [0.15, 0.2) is 42.5 Å². The third-order valence-electron chi connectivity index (χ3n) is 3.04. The van der Waals surface area contributed by atoms with Crippen molar-refractivity contribution in [2.75, 3.05) is 5.73 Å². The summed E-state index contributed by atoms with van der Waals surface area (Å²) in [7, 11) is 0. The van der Waals surface area contributed by atoms with Crippen molar-refractivity contribution in [3.05, 3.63) is 58.2 Å². The number of benzene rings is 2. The maximum absolute atomic E-state index is 6.15. The van der Waals surface area contributed by atoms with Gasteiger partial charge in [0.2, 0.25) is 0 Å². The molecule has 0 aliphatic carbocycles. The van der Waals surface area contributed by atoms with Gasteiger partial charge in [-0.1, -0.05) is 23.2 Å². The number of anilines is 1.